The van der Waals surface area contributed by atoms with Crippen molar-refractivity contribution in [3.63, 3.8) is 0 Å². The van der Waals surface area contributed by atoms with E-state index >= 15 is 0 Å². The number of amides is 1. The molecule has 1 saturated heterocycles. The van der Waals surface area contributed by atoms with Gasteiger partial charge in [-0.15, -0.1) is 15.3 Å². The molecule has 28 heavy (non-hydrogen) atoms. The first-order chi connectivity index (χ1) is 13.5. The maximum atomic E-state index is 13.1. The molecule has 1 fully saturated rings. The van der Waals surface area contributed by atoms with Gasteiger partial charge in [-0.05, 0) is 37.1 Å². The molecule has 8 nitrogen and oxygen atoms in total. The molecule has 3 heterocycles. The van der Waals surface area contributed by atoms with E-state index in [1.54, 1.807) is 35.0 Å². The molecular formula is C19H20FN5O3. The van der Waals surface area contributed by atoms with Crippen molar-refractivity contribution in [3.8, 4) is 17.3 Å². The van der Waals surface area contributed by atoms with Gasteiger partial charge in [0.25, 0.3) is 5.91 Å². The number of aryl methyl sites for hydroxylation is 1. The zero-order valence-electron chi connectivity index (χ0n) is 15.6. The lowest BCUT2D eigenvalue weighted by atomic mass is 9.97. The Morgan fingerprint density at radius 2 is 2.07 bits per heavy atom. The molecule has 146 valence electrons. The summed E-state index contributed by atoms with van der Waals surface area (Å²) in [5.74, 6) is 0.624. The fraction of sp³-hybridized carbons (Fsp3) is 0.368. The average Bonchev–Trinajstić information content (AvgIpc) is 3.35. The highest BCUT2D eigenvalue weighted by molar-refractivity contribution is 5.96. The molecule has 2 aromatic heterocycles. The van der Waals surface area contributed by atoms with E-state index in [0.717, 1.165) is 12.8 Å². The third-order valence-electron chi connectivity index (χ3n) is 4.81. The third kappa shape index (κ3) is 3.47. The zero-order chi connectivity index (χ0) is 19.7. The zero-order valence-corrected chi connectivity index (χ0v) is 15.6. The highest BCUT2D eigenvalue weighted by atomic mass is 19.1. The lowest BCUT2D eigenvalue weighted by Crippen LogP contribution is -2.39. The Morgan fingerprint density at radius 3 is 2.82 bits per heavy atom. The van der Waals surface area contributed by atoms with Crippen LogP contribution < -0.4 is 4.74 Å². The van der Waals surface area contributed by atoms with E-state index in [-0.39, 0.29) is 17.6 Å². The minimum atomic E-state index is -0.323. The van der Waals surface area contributed by atoms with Gasteiger partial charge in [0.2, 0.25) is 17.7 Å². The first-order valence-electron chi connectivity index (χ1n) is 9.01. The van der Waals surface area contributed by atoms with Crippen molar-refractivity contribution in [3.05, 3.63) is 47.7 Å². The molecule has 0 radical (unpaired) electrons. The Bertz CT molecular complexity index is 982. The molecular weight excluding hydrogens is 365 g/mol. The summed E-state index contributed by atoms with van der Waals surface area (Å²) in [4.78, 5) is 14.7. The lowest BCUT2D eigenvalue weighted by Gasteiger charge is -2.30. The molecule has 0 spiro atoms. The minimum Gasteiger partial charge on any atom is -0.479 e. The smallest absolute Gasteiger partial charge is 0.260 e. The molecule has 1 amide bonds. The van der Waals surface area contributed by atoms with Crippen LogP contribution >= 0.6 is 0 Å². The third-order valence-corrected chi connectivity index (χ3v) is 4.81. The molecule has 3 aromatic rings. The number of likely N-dealkylation sites (tertiary alicyclic amines) is 1. The quantitative estimate of drug-likeness (QED) is 0.686. The number of nitrogens with zero attached hydrogens (tertiary/aromatic N) is 5. The topological polar surface area (TPSA) is 86.3 Å². The number of hydrogen-bond acceptors (Lipinski definition) is 6. The predicted molar refractivity (Wildman–Crippen MR) is 97.3 cm³/mol. The van der Waals surface area contributed by atoms with Crippen LogP contribution in [0.2, 0.25) is 0 Å². The average molecular weight is 385 g/mol. The van der Waals surface area contributed by atoms with E-state index in [1.807, 2.05) is 0 Å². The summed E-state index contributed by atoms with van der Waals surface area (Å²) in [6.45, 7) is 1.12. The Hall–Kier alpha value is -3.23. The summed E-state index contributed by atoms with van der Waals surface area (Å²) >= 11 is 0. The second-order valence-electron chi connectivity index (χ2n) is 6.77. The van der Waals surface area contributed by atoms with Crippen molar-refractivity contribution in [2.75, 3.05) is 20.2 Å². The maximum absolute atomic E-state index is 13.1. The van der Waals surface area contributed by atoms with E-state index < -0.39 is 0 Å². The van der Waals surface area contributed by atoms with Gasteiger partial charge < -0.3 is 14.1 Å². The Morgan fingerprint density at radius 1 is 1.29 bits per heavy atom. The van der Waals surface area contributed by atoms with Crippen molar-refractivity contribution in [1.82, 2.24) is 24.9 Å². The normalized spacial score (nSPS) is 17.0. The second-order valence-corrected chi connectivity index (χ2v) is 6.77. The van der Waals surface area contributed by atoms with Crippen molar-refractivity contribution in [1.29, 1.82) is 0 Å². The molecule has 1 aliphatic heterocycles. The molecule has 0 bridgehead atoms. The van der Waals surface area contributed by atoms with Crippen LogP contribution in [0.3, 0.4) is 0 Å². The summed E-state index contributed by atoms with van der Waals surface area (Å²) in [5.41, 5.74) is 1.09. The minimum absolute atomic E-state index is 0.0536. The van der Waals surface area contributed by atoms with Crippen LogP contribution in [0.15, 0.2) is 34.9 Å². The van der Waals surface area contributed by atoms with Gasteiger partial charge in [0.15, 0.2) is 0 Å². The molecule has 1 aliphatic rings. The number of carbonyl (C=O) groups is 1. The van der Waals surface area contributed by atoms with Gasteiger partial charge in [0, 0.05) is 31.9 Å². The SMILES string of the molecule is COc1nn(C)cc1C(=O)N1CCCC(c2nnc(-c3ccc(F)cc3)o2)C1. The van der Waals surface area contributed by atoms with Gasteiger partial charge in [0.05, 0.1) is 13.0 Å². The summed E-state index contributed by atoms with van der Waals surface area (Å²) < 4.78 is 25.7. The van der Waals surface area contributed by atoms with Crippen LogP contribution in [0.4, 0.5) is 4.39 Å². The van der Waals surface area contributed by atoms with Crippen LogP contribution in [0, 0.1) is 5.82 Å². The molecule has 1 unspecified atom stereocenters. The van der Waals surface area contributed by atoms with E-state index in [9.17, 15) is 9.18 Å². The van der Waals surface area contributed by atoms with Crippen molar-refractivity contribution < 1.29 is 18.3 Å². The number of aromatic nitrogens is 4. The van der Waals surface area contributed by atoms with Gasteiger partial charge in [-0.1, -0.05) is 0 Å². The first-order valence-corrected chi connectivity index (χ1v) is 9.01. The van der Waals surface area contributed by atoms with Gasteiger partial charge in [-0.3, -0.25) is 9.48 Å². The van der Waals surface area contributed by atoms with Gasteiger partial charge in [-0.25, -0.2) is 4.39 Å². The van der Waals surface area contributed by atoms with Crippen molar-refractivity contribution in [2.45, 2.75) is 18.8 Å². The summed E-state index contributed by atoms with van der Waals surface area (Å²) in [6.07, 6.45) is 3.33. The van der Waals surface area contributed by atoms with Crippen LogP contribution in [-0.2, 0) is 7.05 Å². The lowest BCUT2D eigenvalue weighted by molar-refractivity contribution is 0.0695. The molecule has 0 aliphatic carbocycles. The Labute approximate surface area is 160 Å². The highest BCUT2D eigenvalue weighted by Gasteiger charge is 2.31. The van der Waals surface area contributed by atoms with Crippen LogP contribution in [-0.4, -0.2) is 51.0 Å². The number of halogens is 1. The standard InChI is InChI=1S/C19H20FN5O3/c1-24-11-15(18(23-24)27-2)19(26)25-9-3-4-13(10-25)17-22-21-16(28-17)12-5-7-14(20)8-6-12/h5-8,11,13H,3-4,9-10H2,1-2H3. The molecule has 0 saturated carbocycles. The Balaban J connectivity index is 1.51. The monoisotopic (exact) mass is 385 g/mol. The van der Waals surface area contributed by atoms with Gasteiger partial charge in [0.1, 0.15) is 11.4 Å². The summed E-state index contributed by atoms with van der Waals surface area (Å²) in [6, 6.07) is 5.89. The number of hydrogen-bond donors (Lipinski definition) is 0. The van der Waals surface area contributed by atoms with Crippen LogP contribution in [0.1, 0.15) is 35.0 Å². The van der Waals surface area contributed by atoms with Crippen molar-refractivity contribution in [2.24, 2.45) is 7.05 Å². The van der Waals surface area contributed by atoms with Crippen LogP contribution in [0.25, 0.3) is 11.5 Å². The number of methoxy groups -OCH3 is 1. The fourth-order valence-electron chi connectivity index (χ4n) is 3.41. The van der Waals surface area contributed by atoms with E-state index in [0.29, 0.717) is 41.9 Å². The van der Waals surface area contributed by atoms with Gasteiger partial charge >= 0.3 is 0 Å². The predicted octanol–water partition coefficient (Wildman–Crippen LogP) is 2.64. The Kier molecular flexibility index (Phi) is 4.81. The van der Waals surface area contributed by atoms with Crippen molar-refractivity contribution >= 4 is 5.91 Å². The number of benzene rings is 1. The number of piperidine rings is 1. The highest BCUT2D eigenvalue weighted by Crippen LogP contribution is 2.30. The molecule has 0 N–H and O–H groups in total. The molecule has 1 aromatic carbocycles. The number of ether oxygens (including phenoxy) is 1. The summed E-state index contributed by atoms with van der Waals surface area (Å²) in [5, 5.41) is 12.4. The number of rotatable bonds is 4. The fourth-order valence-corrected chi connectivity index (χ4v) is 3.41. The second kappa shape index (κ2) is 7.41. The molecule has 9 heteroatoms. The molecule has 4 rings (SSSR count). The maximum Gasteiger partial charge on any atom is 0.260 e. The van der Waals surface area contributed by atoms with E-state index in [2.05, 4.69) is 15.3 Å². The van der Waals surface area contributed by atoms with E-state index in [1.165, 1.54) is 19.2 Å². The molecule has 1 atom stereocenters. The number of carbonyl (C=O) groups excluding carboxylic acids is 1. The first kappa shape index (κ1) is 18.1. The largest absolute Gasteiger partial charge is 0.479 e. The summed E-state index contributed by atoms with van der Waals surface area (Å²) in [7, 11) is 3.24. The van der Waals surface area contributed by atoms with Gasteiger partial charge in [-0.2, -0.15) is 0 Å². The van der Waals surface area contributed by atoms with E-state index in [4.69, 9.17) is 9.15 Å². The van der Waals surface area contributed by atoms with Crippen LogP contribution in [0.5, 0.6) is 5.88 Å².